The summed E-state index contributed by atoms with van der Waals surface area (Å²) in [7, 11) is 1.66. The smallest absolute Gasteiger partial charge is 0.257 e. The fraction of sp³-hybridized carbons (Fsp3) is 0.640. The molecule has 2 fully saturated rings. The first-order valence-electron chi connectivity index (χ1n) is 12.7. The number of halogens is 2. The van der Waals surface area contributed by atoms with Crippen LogP contribution >= 0.6 is 0 Å². The Balaban J connectivity index is 1.42. The van der Waals surface area contributed by atoms with E-state index in [9.17, 15) is 13.9 Å². The topological polar surface area (TPSA) is 92.7 Å². The van der Waals surface area contributed by atoms with Crippen LogP contribution in [0.4, 0.5) is 14.7 Å². The van der Waals surface area contributed by atoms with E-state index in [0.717, 1.165) is 54.9 Å². The summed E-state index contributed by atoms with van der Waals surface area (Å²) < 4.78 is 35.7. The molecule has 2 N–H and O–H groups in total. The maximum atomic E-state index is 13.3. The summed E-state index contributed by atoms with van der Waals surface area (Å²) in [4.78, 5) is 6.31. The number of aliphatic hydroxyl groups excluding tert-OH is 1. The van der Waals surface area contributed by atoms with Crippen LogP contribution in [0.1, 0.15) is 57.2 Å². The van der Waals surface area contributed by atoms with E-state index >= 15 is 0 Å². The third-order valence-corrected chi connectivity index (χ3v) is 7.18. The molecule has 0 bridgehead atoms. The number of ether oxygens (including phenoxy) is 1. The highest BCUT2D eigenvalue weighted by Gasteiger charge is 2.35. The van der Waals surface area contributed by atoms with Gasteiger partial charge in [-0.3, -0.25) is 9.58 Å². The first-order valence-corrected chi connectivity index (χ1v) is 12.7. The van der Waals surface area contributed by atoms with Crippen LogP contribution in [0.5, 0.6) is 0 Å². The first kappa shape index (κ1) is 25.0. The van der Waals surface area contributed by atoms with E-state index in [-0.39, 0.29) is 24.7 Å². The summed E-state index contributed by atoms with van der Waals surface area (Å²) >= 11 is 0. The summed E-state index contributed by atoms with van der Waals surface area (Å²) in [6.07, 6.45) is 8.77. The predicted octanol–water partition coefficient (Wildman–Crippen LogP) is 3.57. The van der Waals surface area contributed by atoms with Crippen molar-refractivity contribution in [3.63, 3.8) is 0 Å². The number of alkyl halides is 2. The monoisotopic (exact) mass is 503 g/mol. The highest BCUT2D eigenvalue weighted by atomic mass is 19.3. The lowest BCUT2D eigenvalue weighted by Crippen LogP contribution is -2.51. The molecule has 1 saturated heterocycles. The minimum atomic E-state index is -2.69. The van der Waals surface area contributed by atoms with Crippen molar-refractivity contribution >= 4 is 11.5 Å². The predicted molar refractivity (Wildman–Crippen MR) is 132 cm³/mol. The number of hydrogen-bond donors (Lipinski definition) is 2. The molecule has 5 rings (SSSR count). The maximum Gasteiger partial charge on any atom is 0.257 e. The van der Waals surface area contributed by atoms with Crippen molar-refractivity contribution < 1.29 is 18.6 Å². The lowest BCUT2D eigenvalue weighted by atomic mass is 9.85. The number of hydrogen-bond acceptors (Lipinski definition) is 7. The van der Waals surface area contributed by atoms with Gasteiger partial charge in [-0.05, 0) is 38.7 Å². The van der Waals surface area contributed by atoms with Crippen LogP contribution in [0.15, 0.2) is 24.7 Å². The van der Waals surface area contributed by atoms with Gasteiger partial charge in [-0.15, -0.1) is 5.10 Å². The molecule has 2 aliphatic rings. The van der Waals surface area contributed by atoms with Gasteiger partial charge in [0.2, 0.25) is 5.95 Å². The molecule has 3 aromatic heterocycles. The van der Waals surface area contributed by atoms with Crippen molar-refractivity contribution in [2.45, 2.75) is 69.6 Å². The number of aromatic nitrogens is 5. The average molecular weight is 504 g/mol. The zero-order valence-corrected chi connectivity index (χ0v) is 21.1. The molecule has 0 radical (unpaired) electrons. The van der Waals surface area contributed by atoms with E-state index in [1.165, 1.54) is 0 Å². The van der Waals surface area contributed by atoms with E-state index in [1.54, 1.807) is 12.0 Å². The summed E-state index contributed by atoms with van der Waals surface area (Å²) in [6, 6.07) is 2.31. The van der Waals surface area contributed by atoms with Crippen LogP contribution < -0.4 is 5.32 Å². The zero-order chi connectivity index (χ0) is 25.4. The van der Waals surface area contributed by atoms with Crippen LogP contribution in [0.25, 0.3) is 16.6 Å². The van der Waals surface area contributed by atoms with Crippen LogP contribution in [-0.4, -0.2) is 85.8 Å². The summed E-state index contributed by atoms with van der Waals surface area (Å²) in [6.45, 7) is 4.41. The second-order valence-corrected chi connectivity index (χ2v) is 10.5. The van der Waals surface area contributed by atoms with E-state index in [0.29, 0.717) is 31.6 Å². The number of nitrogens with zero attached hydrogens (tertiary/aromatic N) is 6. The standard InChI is InChI=1S/C25H35F2N7O2/c1-16(14-36-3)30-24-28-10-23-21(8-22(34(23)31-24)17-4-6-20(35)7-5-17)18-9-29-33(11-18)19-12-32(13-19)15-25(2,26)27/h8-11,16-17,19-20,35H,4-7,12-15H2,1-3H3,(H,30,31)/t16-,17?,20?/m0/s1. The first-order chi connectivity index (χ1) is 17.2. The quantitative estimate of drug-likeness (QED) is 0.461. The molecule has 0 spiro atoms. The number of rotatable bonds is 9. The molecule has 4 heterocycles. The third-order valence-electron chi connectivity index (χ3n) is 7.18. The highest BCUT2D eigenvalue weighted by molar-refractivity contribution is 5.81. The number of aliphatic hydroxyl groups is 1. The van der Waals surface area contributed by atoms with Gasteiger partial charge >= 0.3 is 0 Å². The summed E-state index contributed by atoms with van der Waals surface area (Å²) in [5, 5.41) is 22.7. The highest BCUT2D eigenvalue weighted by Crippen LogP contribution is 2.38. The van der Waals surface area contributed by atoms with E-state index in [2.05, 4.69) is 21.5 Å². The fourth-order valence-electron chi connectivity index (χ4n) is 5.40. The van der Waals surface area contributed by atoms with Crippen LogP contribution in [0.2, 0.25) is 0 Å². The Morgan fingerprint density at radius 1 is 1.22 bits per heavy atom. The van der Waals surface area contributed by atoms with Gasteiger partial charge in [0.15, 0.2) is 0 Å². The number of likely N-dealkylation sites (tertiary alicyclic amines) is 1. The van der Waals surface area contributed by atoms with E-state index < -0.39 is 5.92 Å². The Labute approximate surface area is 209 Å². The largest absolute Gasteiger partial charge is 0.393 e. The molecule has 1 aliphatic heterocycles. The van der Waals surface area contributed by atoms with Crippen LogP contribution in [0, 0.1) is 0 Å². The molecule has 3 aromatic rings. The van der Waals surface area contributed by atoms with Crippen molar-refractivity contribution in [2.75, 3.05) is 38.7 Å². The SMILES string of the molecule is COC[C@H](C)Nc1ncc2c(-c3cnn(C4CN(CC(C)(F)F)C4)c3)cc(C3CCC(O)CC3)n2n1. The number of anilines is 1. The van der Waals surface area contributed by atoms with Gasteiger partial charge in [0.05, 0.1) is 43.2 Å². The Morgan fingerprint density at radius 2 is 1.97 bits per heavy atom. The van der Waals surface area contributed by atoms with Crippen molar-refractivity contribution in [2.24, 2.45) is 0 Å². The number of fused-ring (bicyclic) bond motifs is 1. The van der Waals surface area contributed by atoms with Gasteiger partial charge in [-0.2, -0.15) is 5.10 Å². The minimum absolute atomic E-state index is 0.0590. The summed E-state index contributed by atoms with van der Waals surface area (Å²) in [5.74, 6) is -1.87. The molecular weight excluding hydrogens is 468 g/mol. The fourth-order valence-corrected chi connectivity index (χ4v) is 5.40. The molecule has 11 heteroatoms. The minimum Gasteiger partial charge on any atom is -0.393 e. The molecule has 9 nitrogen and oxygen atoms in total. The zero-order valence-electron chi connectivity index (χ0n) is 21.1. The Hall–Kier alpha value is -2.63. The van der Waals surface area contributed by atoms with Crippen molar-refractivity contribution in [3.05, 3.63) is 30.4 Å². The molecular formula is C25H35F2N7O2. The molecule has 0 aromatic carbocycles. The molecule has 0 amide bonds. The molecule has 1 saturated carbocycles. The van der Waals surface area contributed by atoms with Gasteiger partial charge in [-0.25, -0.2) is 18.3 Å². The van der Waals surface area contributed by atoms with Gasteiger partial charge in [-0.1, -0.05) is 0 Å². The van der Waals surface area contributed by atoms with E-state index in [4.69, 9.17) is 9.84 Å². The third kappa shape index (κ3) is 5.37. The Kier molecular flexibility index (Phi) is 6.97. The normalized spacial score (nSPS) is 22.6. The van der Waals surface area contributed by atoms with Gasteiger partial charge in [0.25, 0.3) is 5.92 Å². The van der Waals surface area contributed by atoms with E-state index in [1.807, 2.05) is 34.7 Å². The molecule has 1 aliphatic carbocycles. The summed E-state index contributed by atoms with van der Waals surface area (Å²) in [5.41, 5.74) is 3.94. The van der Waals surface area contributed by atoms with Gasteiger partial charge in [0, 0.05) is 62.1 Å². The van der Waals surface area contributed by atoms with Crippen LogP contribution in [0.3, 0.4) is 0 Å². The second-order valence-electron chi connectivity index (χ2n) is 10.5. The molecule has 0 unspecified atom stereocenters. The number of methoxy groups -OCH3 is 1. The average Bonchev–Trinajstić information content (AvgIpc) is 3.41. The van der Waals surface area contributed by atoms with Gasteiger partial charge < -0.3 is 15.2 Å². The van der Waals surface area contributed by atoms with Crippen molar-refractivity contribution in [1.29, 1.82) is 0 Å². The molecule has 36 heavy (non-hydrogen) atoms. The number of nitrogens with one attached hydrogen (secondary N) is 1. The van der Waals surface area contributed by atoms with Crippen molar-refractivity contribution in [3.8, 4) is 11.1 Å². The Bertz CT molecular complexity index is 1180. The molecule has 1 atom stereocenters. The molecule has 196 valence electrons. The van der Waals surface area contributed by atoms with Crippen LogP contribution in [-0.2, 0) is 4.74 Å². The van der Waals surface area contributed by atoms with Crippen molar-refractivity contribution in [1.82, 2.24) is 29.3 Å². The van der Waals surface area contributed by atoms with Gasteiger partial charge in [0.1, 0.15) is 0 Å². The lowest BCUT2D eigenvalue weighted by Gasteiger charge is -2.40. The second kappa shape index (κ2) is 10.0. The maximum absolute atomic E-state index is 13.3. The Morgan fingerprint density at radius 3 is 2.67 bits per heavy atom. The lowest BCUT2D eigenvalue weighted by molar-refractivity contribution is -0.0449.